The molecule has 0 radical (unpaired) electrons. The number of ether oxygens (including phenoxy) is 1. The second kappa shape index (κ2) is 23.1. The molecule has 2 fully saturated rings. The fourth-order valence-corrected chi connectivity index (χ4v) is 11.1. The monoisotopic (exact) mass is 903 g/mol. The lowest BCUT2D eigenvalue weighted by Gasteiger charge is -2.39. The summed E-state index contributed by atoms with van der Waals surface area (Å²) in [5.41, 5.74) is 2.52. The highest BCUT2D eigenvalue weighted by Gasteiger charge is 2.44. The smallest absolute Gasteiger partial charge is 0.248 e. The Kier molecular flexibility index (Phi) is 17.3. The zero-order valence-corrected chi connectivity index (χ0v) is 41.2. The van der Waals surface area contributed by atoms with E-state index in [0.717, 1.165) is 85.9 Å². The molecule has 0 spiro atoms. The number of H-pyrrole nitrogens is 1. The van der Waals surface area contributed by atoms with Gasteiger partial charge in [-0.25, -0.2) is 4.98 Å². The van der Waals surface area contributed by atoms with Gasteiger partial charge in [-0.3, -0.25) is 9.48 Å². The summed E-state index contributed by atoms with van der Waals surface area (Å²) in [7, 11) is -2.13. The van der Waals surface area contributed by atoms with Crippen LogP contribution in [-0.2, 0) is 23.2 Å². The van der Waals surface area contributed by atoms with E-state index in [1.807, 2.05) is 83.8 Å². The van der Waals surface area contributed by atoms with E-state index in [-0.39, 0.29) is 22.6 Å². The van der Waals surface area contributed by atoms with Crippen molar-refractivity contribution in [1.29, 1.82) is 0 Å². The fraction of sp³-hybridized carbons (Fsp3) is 0.574. The standard InChI is InChI=1S/C54H78N6O4Si/c1-53(2,3)65(4,5)64-49(46-28-30-48(51-47(46)29-31-50(61)57-51)63-40-43-22-14-11-15-23-43)38-55-34-20-9-7-6-8-10-21-35-59-36-32-42(33-37-59)39-60-41-56-52(58-60)54(62,44-24-16-12-17-25-44)45-26-18-13-19-27-45/h11-12,14-17,22-25,28-31,41-42,45,49,55,62H,6-10,13,18-21,26-27,32-40H2,1-5H3,(H,57,61). The van der Waals surface area contributed by atoms with Crippen LogP contribution < -0.4 is 15.6 Å². The number of aromatic amines is 1. The largest absolute Gasteiger partial charge is 0.487 e. The van der Waals surface area contributed by atoms with Crippen LogP contribution in [-0.4, -0.2) is 70.8 Å². The molecule has 1 aliphatic carbocycles. The zero-order chi connectivity index (χ0) is 45.7. The van der Waals surface area contributed by atoms with E-state index in [4.69, 9.17) is 19.2 Å². The summed E-state index contributed by atoms with van der Waals surface area (Å²) in [5.74, 6) is 1.98. The third-order valence-electron chi connectivity index (χ3n) is 14.8. The van der Waals surface area contributed by atoms with Crippen molar-refractivity contribution in [3.8, 4) is 5.75 Å². The average Bonchev–Trinajstić information content (AvgIpc) is 3.79. The first-order chi connectivity index (χ1) is 31.4. The number of nitrogens with one attached hydrogen (secondary N) is 2. The molecule has 3 heterocycles. The Morgan fingerprint density at radius 1 is 0.831 bits per heavy atom. The summed E-state index contributed by atoms with van der Waals surface area (Å²) in [4.78, 5) is 23.0. The molecule has 2 atom stereocenters. The average molecular weight is 903 g/mol. The van der Waals surface area contributed by atoms with Crippen LogP contribution in [0, 0.1) is 11.8 Å². The van der Waals surface area contributed by atoms with Crippen molar-refractivity contribution in [2.75, 3.05) is 32.7 Å². The summed E-state index contributed by atoms with van der Waals surface area (Å²) in [5, 5.41) is 21.9. The number of nitrogens with zero attached hydrogens (tertiary/aromatic N) is 4. The molecule has 2 aliphatic rings. The number of likely N-dealkylation sites (tertiary alicyclic amines) is 1. The van der Waals surface area contributed by atoms with Crippen molar-refractivity contribution in [3.05, 3.63) is 124 Å². The van der Waals surface area contributed by atoms with Crippen LogP contribution in [0.1, 0.15) is 139 Å². The van der Waals surface area contributed by atoms with Gasteiger partial charge in [0, 0.05) is 24.5 Å². The fourth-order valence-electron chi connectivity index (χ4n) is 9.81. The zero-order valence-electron chi connectivity index (χ0n) is 40.2. The second-order valence-corrected chi connectivity index (χ2v) is 25.4. The Morgan fingerprint density at radius 3 is 2.22 bits per heavy atom. The Labute approximate surface area is 390 Å². The number of fused-ring (bicyclic) bond motifs is 1. The molecule has 352 valence electrons. The summed E-state index contributed by atoms with van der Waals surface area (Å²) in [6.07, 6.45) is 18.5. The van der Waals surface area contributed by atoms with E-state index < -0.39 is 13.9 Å². The molecule has 10 nitrogen and oxygen atoms in total. The predicted molar refractivity (Wildman–Crippen MR) is 267 cm³/mol. The van der Waals surface area contributed by atoms with Crippen LogP contribution in [0.5, 0.6) is 5.75 Å². The first-order valence-electron chi connectivity index (χ1n) is 25.0. The van der Waals surface area contributed by atoms with E-state index in [2.05, 4.69) is 55.1 Å². The number of aromatic nitrogens is 4. The highest BCUT2D eigenvalue weighted by Crippen LogP contribution is 2.43. The van der Waals surface area contributed by atoms with Crippen molar-refractivity contribution in [2.45, 2.75) is 154 Å². The topological polar surface area (TPSA) is 118 Å². The number of rotatable bonds is 23. The molecule has 3 aromatic carbocycles. The van der Waals surface area contributed by atoms with Gasteiger partial charge >= 0.3 is 0 Å². The van der Waals surface area contributed by atoms with Gasteiger partial charge in [-0.05, 0) is 123 Å². The third-order valence-corrected chi connectivity index (χ3v) is 19.3. The number of hydrogen-bond acceptors (Lipinski definition) is 8. The van der Waals surface area contributed by atoms with Gasteiger partial charge in [0.1, 0.15) is 18.7 Å². The molecular weight excluding hydrogens is 825 g/mol. The number of pyridine rings is 1. The van der Waals surface area contributed by atoms with Gasteiger partial charge in [-0.1, -0.05) is 139 Å². The van der Waals surface area contributed by atoms with Crippen molar-refractivity contribution < 1.29 is 14.3 Å². The lowest BCUT2D eigenvalue weighted by Crippen LogP contribution is -2.43. The van der Waals surface area contributed by atoms with Crippen LogP contribution in [0.4, 0.5) is 0 Å². The number of unbranched alkanes of at least 4 members (excludes halogenated alkanes) is 6. The van der Waals surface area contributed by atoms with E-state index in [9.17, 15) is 9.90 Å². The van der Waals surface area contributed by atoms with E-state index in [1.54, 1.807) is 6.07 Å². The quantitative estimate of drug-likeness (QED) is 0.0438. The number of hydrogen-bond donors (Lipinski definition) is 3. The molecule has 5 aromatic rings. The number of benzene rings is 3. The van der Waals surface area contributed by atoms with Crippen molar-refractivity contribution in [2.24, 2.45) is 11.8 Å². The van der Waals surface area contributed by atoms with E-state index in [1.165, 1.54) is 64.3 Å². The molecule has 3 N–H and O–H groups in total. The molecule has 0 amide bonds. The van der Waals surface area contributed by atoms with Gasteiger partial charge in [-0.15, -0.1) is 0 Å². The van der Waals surface area contributed by atoms with Gasteiger partial charge in [-0.2, -0.15) is 5.10 Å². The lowest BCUT2D eigenvalue weighted by molar-refractivity contribution is -0.00865. The molecule has 65 heavy (non-hydrogen) atoms. The molecular formula is C54H78N6O4Si. The van der Waals surface area contributed by atoms with Crippen LogP contribution >= 0.6 is 0 Å². The molecule has 1 saturated heterocycles. The molecule has 2 unspecified atom stereocenters. The lowest BCUT2D eigenvalue weighted by atomic mass is 9.73. The van der Waals surface area contributed by atoms with Gasteiger partial charge < -0.3 is 29.5 Å². The first-order valence-corrected chi connectivity index (χ1v) is 27.9. The van der Waals surface area contributed by atoms with E-state index in [0.29, 0.717) is 30.6 Å². The minimum absolute atomic E-state index is 0.0587. The van der Waals surface area contributed by atoms with Crippen LogP contribution in [0.2, 0.25) is 18.1 Å². The summed E-state index contributed by atoms with van der Waals surface area (Å²) in [6, 6.07) is 27.9. The molecule has 0 bridgehead atoms. The first kappa shape index (κ1) is 48.8. The van der Waals surface area contributed by atoms with Crippen LogP contribution in [0.3, 0.4) is 0 Å². The van der Waals surface area contributed by atoms with Gasteiger partial charge in [0.2, 0.25) is 5.56 Å². The summed E-state index contributed by atoms with van der Waals surface area (Å²) >= 11 is 0. The number of aliphatic hydroxyl groups is 1. The van der Waals surface area contributed by atoms with E-state index >= 15 is 0 Å². The molecule has 2 aromatic heterocycles. The Bertz CT molecular complexity index is 2240. The van der Waals surface area contributed by atoms with Gasteiger partial charge in [0.05, 0.1) is 11.6 Å². The SMILES string of the molecule is CC(C)(C)[Si](C)(C)OC(CNCCCCCCCCCN1CCC(Cn2cnc(C(O)(c3ccccc3)C3CCCCC3)n2)CC1)c1ccc(OCc2ccccc2)c2[nH]c(=O)ccc12. The Morgan fingerprint density at radius 2 is 1.51 bits per heavy atom. The van der Waals surface area contributed by atoms with Crippen molar-refractivity contribution >= 4 is 19.2 Å². The maximum absolute atomic E-state index is 12.6. The highest BCUT2D eigenvalue weighted by molar-refractivity contribution is 6.74. The van der Waals surface area contributed by atoms with Crippen molar-refractivity contribution in [3.63, 3.8) is 0 Å². The summed E-state index contributed by atoms with van der Waals surface area (Å²) in [6.45, 7) is 17.9. The number of piperidine rings is 1. The maximum Gasteiger partial charge on any atom is 0.248 e. The van der Waals surface area contributed by atoms with Gasteiger partial charge in [0.25, 0.3) is 0 Å². The summed E-state index contributed by atoms with van der Waals surface area (Å²) < 4.78 is 15.4. The van der Waals surface area contributed by atoms with Crippen LogP contribution in [0.15, 0.2) is 96.1 Å². The minimum Gasteiger partial charge on any atom is -0.487 e. The van der Waals surface area contributed by atoms with Crippen molar-refractivity contribution in [1.82, 2.24) is 30.0 Å². The minimum atomic E-state index is -2.13. The molecule has 11 heteroatoms. The predicted octanol–water partition coefficient (Wildman–Crippen LogP) is 11.3. The highest BCUT2D eigenvalue weighted by atomic mass is 28.4. The normalized spacial score (nSPS) is 17.3. The molecule has 7 rings (SSSR count). The third kappa shape index (κ3) is 13.1. The Hall–Kier alpha value is -4.13. The molecule has 1 aliphatic heterocycles. The second-order valence-electron chi connectivity index (χ2n) is 20.6. The maximum atomic E-state index is 12.6. The Balaban J connectivity index is 0.802. The van der Waals surface area contributed by atoms with Crippen LogP contribution in [0.25, 0.3) is 10.9 Å². The van der Waals surface area contributed by atoms with Gasteiger partial charge in [0.15, 0.2) is 19.7 Å². The molecule has 1 saturated carbocycles.